The van der Waals surface area contributed by atoms with Gasteiger partial charge in [-0.25, -0.2) is 8.42 Å². The third kappa shape index (κ3) is 4.69. The first-order valence-electron chi connectivity index (χ1n) is 5.46. The fourth-order valence-electron chi connectivity index (χ4n) is 1.24. The number of hydrogen-bond donors (Lipinski definition) is 3. The van der Waals surface area contributed by atoms with E-state index in [-0.39, 0.29) is 22.9 Å². The molecule has 3 N–H and O–H groups in total. The summed E-state index contributed by atoms with van der Waals surface area (Å²) in [5.41, 5.74) is -0.188. The van der Waals surface area contributed by atoms with Crippen LogP contribution in [0.3, 0.4) is 0 Å². The molecule has 0 heterocycles. The van der Waals surface area contributed by atoms with Gasteiger partial charge in [0.05, 0.1) is 10.6 Å². The fraction of sp³-hybridized carbons (Fsp3) is 0.400. The van der Waals surface area contributed by atoms with Crippen molar-refractivity contribution in [2.24, 2.45) is 0 Å². The summed E-state index contributed by atoms with van der Waals surface area (Å²) < 4.78 is 50.2. The van der Waals surface area contributed by atoms with E-state index >= 15 is 0 Å². The average Bonchev–Trinajstić information content (AvgIpc) is 2.28. The van der Waals surface area contributed by atoms with Crippen LogP contribution in [-0.2, 0) is 20.0 Å². The van der Waals surface area contributed by atoms with Crippen LogP contribution in [0.5, 0.6) is 5.75 Å². The summed E-state index contributed by atoms with van der Waals surface area (Å²) in [6.45, 7) is 2.03. The summed E-state index contributed by atoms with van der Waals surface area (Å²) in [5, 5.41) is 9.54. The molecule has 0 unspecified atom stereocenters. The first-order valence-corrected chi connectivity index (χ1v) is 8.83. The van der Waals surface area contributed by atoms with E-state index in [1.807, 2.05) is 0 Å². The van der Waals surface area contributed by atoms with E-state index in [1.54, 1.807) is 6.92 Å². The maximum atomic E-state index is 11.6. The van der Waals surface area contributed by atoms with Gasteiger partial charge in [0.25, 0.3) is 10.2 Å². The Morgan fingerprint density at radius 1 is 1.21 bits per heavy atom. The van der Waals surface area contributed by atoms with Crippen LogP contribution in [0.15, 0.2) is 23.1 Å². The van der Waals surface area contributed by atoms with E-state index in [0.717, 1.165) is 18.4 Å². The van der Waals surface area contributed by atoms with Gasteiger partial charge in [0.15, 0.2) is 9.84 Å². The number of sulfone groups is 1. The van der Waals surface area contributed by atoms with Gasteiger partial charge in [-0.2, -0.15) is 13.1 Å². The maximum absolute atomic E-state index is 11.6. The lowest BCUT2D eigenvalue weighted by Crippen LogP contribution is -2.30. The summed E-state index contributed by atoms with van der Waals surface area (Å²) in [5.74, 6) is -0.353. The second-order valence-corrected chi connectivity index (χ2v) is 7.47. The molecule has 0 aliphatic rings. The number of hydrogen-bond acceptors (Lipinski definition) is 5. The van der Waals surface area contributed by atoms with Crippen molar-refractivity contribution in [2.75, 3.05) is 17.5 Å². The van der Waals surface area contributed by atoms with Crippen LogP contribution in [0.1, 0.15) is 13.3 Å². The van der Waals surface area contributed by atoms with Gasteiger partial charge < -0.3 is 5.11 Å². The Kier molecular flexibility index (Phi) is 4.77. The third-order valence-electron chi connectivity index (χ3n) is 2.18. The zero-order chi connectivity index (χ0) is 14.7. The highest BCUT2D eigenvalue weighted by Gasteiger charge is 2.15. The monoisotopic (exact) mass is 308 g/mol. The number of aromatic hydroxyl groups is 1. The van der Waals surface area contributed by atoms with Gasteiger partial charge in [0.1, 0.15) is 5.75 Å². The predicted molar refractivity (Wildman–Crippen MR) is 72.1 cm³/mol. The Morgan fingerprint density at radius 3 is 2.37 bits per heavy atom. The molecule has 9 heteroatoms. The van der Waals surface area contributed by atoms with Crippen molar-refractivity contribution < 1.29 is 21.9 Å². The van der Waals surface area contributed by atoms with Crippen LogP contribution < -0.4 is 9.44 Å². The molecule has 19 heavy (non-hydrogen) atoms. The lowest BCUT2D eigenvalue weighted by atomic mass is 10.3. The zero-order valence-corrected chi connectivity index (χ0v) is 12.2. The van der Waals surface area contributed by atoms with Gasteiger partial charge >= 0.3 is 0 Å². The molecule has 1 rings (SSSR count). The van der Waals surface area contributed by atoms with Crippen molar-refractivity contribution in [3.8, 4) is 5.75 Å². The summed E-state index contributed by atoms with van der Waals surface area (Å²) in [6.07, 6.45) is 1.60. The molecule has 0 aliphatic carbocycles. The molecule has 0 amide bonds. The van der Waals surface area contributed by atoms with E-state index in [1.165, 1.54) is 6.07 Å². The molecular weight excluding hydrogens is 292 g/mol. The number of phenolic OH excluding ortho intramolecular Hbond substituents is 1. The Hall–Kier alpha value is -1.32. The predicted octanol–water partition coefficient (Wildman–Crippen LogP) is 0.452. The van der Waals surface area contributed by atoms with Gasteiger partial charge in [-0.15, -0.1) is 0 Å². The number of nitrogens with one attached hydrogen (secondary N) is 2. The van der Waals surface area contributed by atoms with E-state index in [9.17, 15) is 21.9 Å². The van der Waals surface area contributed by atoms with Crippen LogP contribution in [0, 0.1) is 0 Å². The van der Waals surface area contributed by atoms with Crippen LogP contribution >= 0.6 is 0 Å². The Balaban J connectivity index is 3.08. The van der Waals surface area contributed by atoms with Crippen LogP contribution in [0.4, 0.5) is 5.69 Å². The lowest BCUT2D eigenvalue weighted by molar-refractivity contribution is 0.477. The molecule has 0 aliphatic heterocycles. The first-order chi connectivity index (χ1) is 8.65. The summed E-state index contributed by atoms with van der Waals surface area (Å²) in [4.78, 5) is -0.0847. The van der Waals surface area contributed by atoms with Gasteiger partial charge in [0.2, 0.25) is 0 Å². The highest BCUT2D eigenvalue weighted by Crippen LogP contribution is 2.26. The van der Waals surface area contributed by atoms with Gasteiger partial charge in [-0.3, -0.25) is 4.72 Å². The molecule has 0 atom stereocenters. The SMILES string of the molecule is CCCNS(=O)(=O)Nc1cc(S(C)(=O)=O)ccc1O. The Morgan fingerprint density at radius 2 is 1.84 bits per heavy atom. The molecule has 0 aromatic heterocycles. The lowest BCUT2D eigenvalue weighted by Gasteiger charge is -2.11. The first kappa shape index (κ1) is 15.7. The second-order valence-electron chi connectivity index (χ2n) is 3.95. The minimum atomic E-state index is -3.84. The zero-order valence-electron chi connectivity index (χ0n) is 10.5. The molecule has 1 aromatic carbocycles. The minimum Gasteiger partial charge on any atom is -0.506 e. The number of benzene rings is 1. The van der Waals surface area contributed by atoms with Gasteiger partial charge in [0, 0.05) is 12.8 Å². The van der Waals surface area contributed by atoms with Gasteiger partial charge in [-0.05, 0) is 24.6 Å². The molecule has 0 saturated carbocycles. The topological polar surface area (TPSA) is 113 Å². The van der Waals surface area contributed by atoms with E-state index < -0.39 is 20.0 Å². The van der Waals surface area contributed by atoms with Gasteiger partial charge in [-0.1, -0.05) is 6.92 Å². The van der Waals surface area contributed by atoms with Crippen molar-refractivity contribution in [3.05, 3.63) is 18.2 Å². The molecule has 0 saturated heterocycles. The molecule has 0 bridgehead atoms. The highest BCUT2D eigenvalue weighted by atomic mass is 32.2. The molecule has 1 aromatic rings. The fourth-order valence-corrected chi connectivity index (χ4v) is 2.89. The molecular formula is C10H16N2O5S2. The number of anilines is 1. The quantitative estimate of drug-likeness (QED) is 0.661. The van der Waals surface area contributed by atoms with Crippen molar-refractivity contribution in [1.82, 2.24) is 4.72 Å². The minimum absolute atomic E-state index is 0.0847. The van der Waals surface area contributed by atoms with Crippen LogP contribution in [0.2, 0.25) is 0 Å². The number of rotatable bonds is 6. The van der Waals surface area contributed by atoms with E-state index in [2.05, 4.69) is 9.44 Å². The van der Waals surface area contributed by atoms with Crippen molar-refractivity contribution >= 4 is 25.7 Å². The smallest absolute Gasteiger partial charge is 0.299 e. The van der Waals surface area contributed by atoms with Crippen LogP contribution in [0.25, 0.3) is 0 Å². The van der Waals surface area contributed by atoms with Crippen molar-refractivity contribution in [2.45, 2.75) is 18.2 Å². The second kappa shape index (κ2) is 5.76. The summed E-state index contributed by atoms with van der Waals surface area (Å²) in [7, 11) is -7.32. The van der Waals surface area contributed by atoms with Crippen molar-refractivity contribution in [3.63, 3.8) is 0 Å². The van der Waals surface area contributed by atoms with E-state index in [0.29, 0.717) is 6.42 Å². The molecule has 7 nitrogen and oxygen atoms in total. The average molecular weight is 308 g/mol. The molecule has 0 radical (unpaired) electrons. The standard InChI is InChI=1S/C10H16N2O5S2/c1-3-6-11-19(16,17)12-9-7-8(18(2,14)15)4-5-10(9)13/h4-5,7,11-13H,3,6H2,1-2H3. The largest absolute Gasteiger partial charge is 0.506 e. The number of phenols is 1. The Labute approximate surface area is 112 Å². The molecule has 0 spiro atoms. The summed E-state index contributed by atoms with van der Waals surface area (Å²) in [6, 6.07) is 3.38. The normalized spacial score (nSPS) is 12.3. The van der Waals surface area contributed by atoms with Crippen LogP contribution in [-0.4, -0.2) is 34.7 Å². The molecule has 108 valence electrons. The summed E-state index contributed by atoms with van der Waals surface area (Å²) >= 11 is 0. The van der Waals surface area contributed by atoms with E-state index in [4.69, 9.17) is 0 Å². The Bertz CT molecular complexity index is 652. The maximum Gasteiger partial charge on any atom is 0.299 e. The highest BCUT2D eigenvalue weighted by molar-refractivity contribution is 7.91. The molecule has 0 fully saturated rings. The third-order valence-corrected chi connectivity index (χ3v) is 4.37. The van der Waals surface area contributed by atoms with Crippen molar-refractivity contribution in [1.29, 1.82) is 0 Å².